The highest BCUT2D eigenvalue weighted by atomic mass is 32.2. The number of aliphatic hydroxyl groups is 2. The second-order valence-electron chi connectivity index (χ2n) is 0.648. The maximum Gasteiger partial charge on any atom is 0.216 e. The van der Waals surface area contributed by atoms with Crippen molar-refractivity contribution in [2.45, 2.75) is 5.62 Å². The van der Waals surface area contributed by atoms with Crippen molar-refractivity contribution in [2.24, 2.45) is 0 Å². The van der Waals surface area contributed by atoms with Crippen LogP contribution in [0.1, 0.15) is 0 Å². The summed E-state index contributed by atoms with van der Waals surface area (Å²) in [5, 5.41) is 16.0. The van der Waals surface area contributed by atoms with Crippen molar-refractivity contribution in [3.05, 3.63) is 0 Å². The first kappa shape index (κ1) is 6.23. The summed E-state index contributed by atoms with van der Waals surface area (Å²) in [5.41, 5.74) is -1.30. The van der Waals surface area contributed by atoms with E-state index >= 15 is 0 Å². The second kappa shape index (κ2) is 3.42. The third-order valence-corrected chi connectivity index (χ3v) is 0.670. The van der Waals surface area contributed by atoms with Crippen LogP contribution in [0.3, 0.4) is 0 Å². The molecule has 0 atom stereocenters. The van der Waals surface area contributed by atoms with E-state index in [9.17, 15) is 0 Å². The summed E-state index contributed by atoms with van der Waals surface area (Å²) in [6.07, 6.45) is 0. The Morgan fingerprint density at radius 2 is 2.17 bits per heavy atom. The summed E-state index contributed by atoms with van der Waals surface area (Å²) in [6, 6.07) is 0. The van der Waals surface area contributed by atoms with Crippen LogP contribution in [-0.4, -0.2) is 22.9 Å². The molecule has 4 heteroatoms. The van der Waals surface area contributed by atoms with Crippen LogP contribution in [0.25, 0.3) is 0 Å². The fourth-order valence-corrected chi connectivity index (χ4v) is 0.316. The quantitative estimate of drug-likeness (QED) is 0.318. The van der Waals surface area contributed by atoms with Gasteiger partial charge in [0.15, 0.2) is 0 Å². The maximum absolute atomic E-state index is 8.01. The lowest BCUT2D eigenvalue weighted by molar-refractivity contribution is 0.0400. The lowest BCUT2D eigenvalue weighted by Gasteiger charge is -1.95. The summed E-state index contributed by atoms with van der Waals surface area (Å²) in [7, 11) is 1.62. The van der Waals surface area contributed by atoms with E-state index in [1.54, 1.807) is 7.05 Å². The van der Waals surface area contributed by atoms with E-state index in [0.717, 1.165) is 11.9 Å². The smallest absolute Gasteiger partial charge is 0.216 e. The molecule has 0 aliphatic carbocycles. The van der Waals surface area contributed by atoms with Gasteiger partial charge in [0.2, 0.25) is 5.62 Å². The maximum atomic E-state index is 8.01. The molecule has 0 fully saturated rings. The van der Waals surface area contributed by atoms with E-state index in [2.05, 4.69) is 4.72 Å². The Hall–Kier alpha value is 0.230. The first-order valence-corrected chi connectivity index (χ1v) is 2.34. The number of aliphatic hydroxyl groups excluding tert-OH is 1. The van der Waals surface area contributed by atoms with Crippen molar-refractivity contribution in [1.82, 2.24) is 4.72 Å². The topological polar surface area (TPSA) is 52.5 Å². The van der Waals surface area contributed by atoms with Crippen LogP contribution in [0.5, 0.6) is 0 Å². The molecule has 0 spiro atoms. The monoisotopic (exact) mass is 109 g/mol. The number of rotatable bonds is 2. The average molecular weight is 109 g/mol. The average Bonchev–Trinajstić information content (AvgIpc) is 1.35. The molecular weight excluding hydrogens is 102 g/mol. The minimum Gasteiger partial charge on any atom is -0.359 e. The van der Waals surface area contributed by atoms with Gasteiger partial charge in [0.05, 0.1) is 0 Å². The summed E-state index contributed by atoms with van der Waals surface area (Å²) in [4.78, 5) is 0. The predicted octanol–water partition coefficient (Wildman–Crippen LogP) is -0.878. The molecule has 3 nitrogen and oxygen atoms in total. The van der Waals surface area contributed by atoms with Gasteiger partial charge in [-0.3, -0.25) is 4.72 Å². The number of hydrogen-bond acceptors (Lipinski definition) is 4. The molecule has 0 saturated carbocycles. The minimum atomic E-state index is -1.30. The van der Waals surface area contributed by atoms with Crippen LogP contribution < -0.4 is 4.72 Å². The van der Waals surface area contributed by atoms with Crippen molar-refractivity contribution >= 4 is 11.9 Å². The minimum absolute atomic E-state index is 0.847. The van der Waals surface area contributed by atoms with Gasteiger partial charge < -0.3 is 10.2 Å². The largest absolute Gasteiger partial charge is 0.359 e. The molecule has 6 heavy (non-hydrogen) atoms. The molecule has 0 unspecified atom stereocenters. The van der Waals surface area contributed by atoms with Crippen LogP contribution >= 0.6 is 11.9 Å². The van der Waals surface area contributed by atoms with E-state index in [1.165, 1.54) is 0 Å². The van der Waals surface area contributed by atoms with E-state index in [4.69, 9.17) is 10.2 Å². The van der Waals surface area contributed by atoms with Crippen molar-refractivity contribution in [3.63, 3.8) is 0 Å². The van der Waals surface area contributed by atoms with Gasteiger partial charge in [0, 0.05) is 0 Å². The molecular formula is C2H7NO2S. The van der Waals surface area contributed by atoms with E-state index in [-0.39, 0.29) is 0 Å². The van der Waals surface area contributed by atoms with E-state index < -0.39 is 5.62 Å². The lowest BCUT2D eigenvalue weighted by Crippen LogP contribution is -2.04. The van der Waals surface area contributed by atoms with Crippen LogP contribution in [-0.2, 0) is 0 Å². The molecule has 0 heterocycles. The first-order chi connectivity index (χ1) is 2.77. The van der Waals surface area contributed by atoms with Gasteiger partial charge in [-0.2, -0.15) is 0 Å². The standard InChI is InChI=1S/C2H7NO2S/c1-3-6-2(4)5/h2-5H,1H3. The Labute approximate surface area is 40.5 Å². The summed E-state index contributed by atoms with van der Waals surface area (Å²) < 4.78 is 2.48. The van der Waals surface area contributed by atoms with Crippen LogP contribution in [0, 0.1) is 0 Å². The highest BCUT2D eigenvalue weighted by Crippen LogP contribution is 1.93. The Bertz CT molecular complexity index is 32.7. The highest BCUT2D eigenvalue weighted by Gasteiger charge is 1.89. The van der Waals surface area contributed by atoms with E-state index in [1.807, 2.05) is 0 Å². The molecule has 0 aromatic carbocycles. The first-order valence-electron chi connectivity index (χ1n) is 1.46. The van der Waals surface area contributed by atoms with Crippen molar-refractivity contribution in [2.75, 3.05) is 7.05 Å². The molecule has 3 N–H and O–H groups in total. The fraction of sp³-hybridized carbons (Fsp3) is 1.00. The van der Waals surface area contributed by atoms with Gasteiger partial charge in [0.25, 0.3) is 0 Å². The molecule has 0 saturated heterocycles. The zero-order chi connectivity index (χ0) is 4.99. The zero-order valence-corrected chi connectivity index (χ0v) is 4.20. The van der Waals surface area contributed by atoms with Crippen molar-refractivity contribution in [1.29, 1.82) is 0 Å². The second-order valence-corrected chi connectivity index (χ2v) is 1.71. The molecule has 0 radical (unpaired) electrons. The van der Waals surface area contributed by atoms with Crippen molar-refractivity contribution < 1.29 is 10.2 Å². The highest BCUT2D eigenvalue weighted by molar-refractivity contribution is 7.97. The fourth-order valence-electron chi connectivity index (χ4n) is 0.105. The third kappa shape index (κ3) is 4.23. The normalized spacial score (nSPS) is 10.0. The SMILES string of the molecule is CNSC(O)O. The van der Waals surface area contributed by atoms with Crippen LogP contribution in [0.2, 0.25) is 0 Å². The van der Waals surface area contributed by atoms with Gasteiger partial charge in [0.1, 0.15) is 0 Å². The van der Waals surface area contributed by atoms with Crippen LogP contribution in [0.15, 0.2) is 0 Å². The zero-order valence-electron chi connectivity index (χ0n) is 3.38. The molecule has 0 rings (SSSR count). The van der Waals surface area contributed by atoms with Crippen LogP contribution in [0.4, 0.5) is 0 Å². The molecule has 0 aromatic rings. The molecule has 0 amide bonds. The Morgan fingerprint density at radius 3 is 2.17 bits per heavy atom. The Kier molecular flexibility index (Phi) is 3.55. The molecule has 38 valence electrons. The summed E-state index contributed by atoms with van der Waals surface area (Å²) in [6.45, 7) is 0. The van der Waals surface area contributed by atoms with Gasteiger partial charge in [-0.25, -0.2) is 0 Å². The number of hydrogen-bond donors (Lipinski definition) is 3. The molecule has 0 aliphatic rings. The third-order valence-electron chi connectivity index (χ3n) is 0.223. The Morgan fingerprint density at radius 1 is 1.67 bits per heavy atom. The number of nitrogens with one attached hydrogen (secondary N) is 1. The summed E-state index contributed by atoms with van der Waals surface area (Å²) >= 11 is 0.847. The summed E-state index contributed by atoms with van der Waals surface area (Å²) in [5.74, 6) is 0. The Balaban J connectivity index is 2.63. The molecule has 0 aliphatic heterocycles. The van der Waals surface area contributed by atoms with Gasteiger partial charge >= 0.3 is 0 Å². The predicted molar refractivity (Wildman–Crippen MR) is 24.9 cm³/mol. The van der Waals surface area contributed by atoms with Gasteiger partial charge in [-0.05, 0) is 19.0 Å². The van der Waals surface area contributed by atoms with E-state index in [0.29, 0.717) is 0 Å². The van der Waals surface area contributed by atoms with Crippen molar-refractivity contribution in [3.8, 4) is 0 Å². The van der Waals surface area contributed by atoms with Gasteiger partial charge in [-0.15, -0.1) is 0 Å². The molecule has 0 aromatic heterocycles. The van der Waals surface area contributed by atoms with Gasteiger partial charge in [-0.1, -0.05) is 0 Å². The molecule has 0 bridgehead atoms. The lowest BCUT2D eigenvalue weighted by atomic mass is 11.5.